The summed E-state index contributed by atoms with van der Waals surface area (Å²) < 4.78 is 6.04. The number of epoxide rings is 1. The third-order valence-electron chi connectivity index (χ3n) is 6.65. The van der Waals surface area contributed by atoms with Crippen molar-refractivity contribution in [2.75, 3.05) is 0 Å². The summed E-state index contributed by atoms with van der Waals surface area (Å²) in [6, 6.07) is 0. The van der Waals surface area contributed by atoms with E-state index in [4.69, 9.17) is 9.84 Å². The summed E-state index contributed by atoms with van der Waals surface area (Å²) in [5, 5.41) is 20.4. The molecule has 29 heavy (non-hydrogen) atoms. The second-order valence-corrected chi connectivity index (χ2v) is 8.51. The number of hydrogen-bond donors (Lipinski definition) is 2. The Morgan fingerprint density at radius 1 is 1.21 bits per heavy atom. The minimum atomic E-state index is -0.960. The van der Waals surface area contributed by atoms with Gasteiger partial charge < -0.3 is 14.9 Å². The first kappa shape index (κ1) is 21.5. The molecule has 4 heteroatoms. The summed E-state index contributed by atoms with van der Waals surface area (Å²) in [4.78, 5) is 10.5. The Hall–Kier alpha value is -2.17. The Labute approximate surface area is 173 Å². The molecule has 1 saturated carbocycles. The van der Waals surface area contributed by atoms with Crippen molar-refractivity contribution in [1.29, 1.82) is 0 Å². The predicted molar refractivity (Wildman–Crippen MR) is 115 cm³/mol. The van der Waals surface area contributed by atoms with Gasteiger partial charge in [-0.1, -0.05) is 59.8 Å². The van der Waals surface area contributed by atoms with Gasteiger partial charge in [0.05, 0.1) is 6.10 Å². The molecule has 0 amide bonds. The van der Waals surface area contributed by atoms with E-state index in [1.807, 2.05) is 45.1 Å². The third kappa shape index (κ3) is 4.39. The Morgan fingerprint density at radius 2 is 1.93 bits per heavy atom. The normalized spacial score (nSPS) is 37.7. The number of allylic oxidation sites excluding steroid dienone is 9. The molecule has 0 radical (unpaired) electrons. The lowest BCUT2D eigenvalue weighted by atomic mass is 9.58. The maximum atomic E-state index is 11.7. The van der Waals surface area contributed by atoms with Gasteiger partial charge in [-0.15, -0.1) is 0 Å². The molecule has 2 aliphatic carbocycles. The van der Waals surface area contributed by atoms with Crippen LogP contribution < -0.4 is 0 Å². The van der Waals surface area contributed by atoms with E-state index < -0.39 is 11.6 Å². The molecule has 0 bridgehead atoms. The molecule has 6 unspecified atom stereocenters. The van der Waals surface area contributed by atoms with Gasteiger partial charge in [0, 0.05) is 12.0 Å². The average Bonchev–Trinajstić information content (AvgIpc) is 3.49. The van der Waals surface area contributed by atoms with Crippen LogP contribution in [0.4, 0.5) is 0 Å². The van der Waals surface area contributed by atoms with Crippen LogP contribution in [0.2, 0.25) is 0 Å². The van der Waals surface area contributed by atoms with Gasteiger partial charge in [-0.25, -0.2) is 4.79 Å². The number of ether oxygens (including phenoxy) is 1. The van der Waals surface area contributed by atoms with Crippen molar-refractivity contribution in [3.8, 4) is 0 Å². The highest BCUT2D eigenvalue weighted by molar-refractivity contribution is 5.80. The standard InChI is InChI=1S/C25H32O4/c1-5-18(4)25(28)21(11-8-10-16(2)9-6-7-12-22(26)27)19-14-13-17(3)15-20(19)23-24(25)29-23/h5-13,19-21,23-24,28H,14-15H2,1-4H3,(H,26,27)/b9-6+,11-8+,12-7+,16-10+,18-5+. The van der Waals surface area contributed by atoms with E-state index in [-0.39, 0.29) is 18.1 Å². The molecule has 0 aromatic carbocycles. The van der Waals surface area contributed by atoms with Crippen LogP contribution in [0.25, 0.3) is 0 Å². The van der Waals surface area contributed by atoms with Gasteiger partial charge in [0.2, 0.25) is 0 Å². The second kappa shape index (κ2) is 8.68. The SMILES string of the molecule is C/C=C(\C)C1(O)C(/C=C/C=C(C)/C=C/C=C/C(=O)O)C2CC=C(C)CC2C2OC21. The minimum absolute atomic E-state index is 0.00302. The molecule has 6 atom stereocenters. The Bertz CT molecular complexity index is 826. The van der Waals surface area contributed by atoms with E-state index in [9.17, 15) is 9.90 Å². The number of carboxylic acids is 1. The van der Waals surface area contributed by atoms with Gasteiger partial charge in [0.25, 0.3) is 0 Å². The number of carbonyl (C=O) groups is 1. The lowest BCUT2D eigenvalue weighted by Gasteiger charge is -2.47. The van der Waals surface area contributed by atoms with Gasteiger partial charge in [0.1, 0.15) is 11.7 Å². The molecule has 0 aromatic rings. The second-order valence-electron chi connectivity index (χ2n) is 8.51. The summed E-state index contributed by atoms with van der Waals surface area (Å²) in [6.07, 6.45) is 18.7. The minimum Gasteiger partial charge on any atom is -0.478 e. The molecule has 3 rings (SSSR count). The Morgan fingerprint density at radius 3 is 2.62 bits per heavy atom. The first-order valence-corrected chi connectivity index (χ1v) is 10.4. The molecule has 1 saturated heterocycles. The molecular formula is C25H32O4. The first-order chi connectivity index (χ1) is 13.8. The zero-order valence-corrected chi connectivity index (χ0v) is 17.7. The zero-order chi connectivity index (χ0) is 21.2. The van der Waals surface area contributed by atoms with Crippen LogP contribution in [0.3, 0.4) is 0 Å². The zero-order valence-electron chi connectivity index (χ0n) is 17.7. The molecule has 4 nitrogen and oxygen atoms in total. The number of aliphatic carboxylic acids is 1. The predicted octanol–water partition coefficient (Wildman–Crippen LogP) is 4.75. The highest BCUT2D eigenvalue weighted by Crippen LogP contribution is 2.58. The fourth-order valence-corrected chi connectivity index (χ4v) is 4.95. The highest BCUT2D eigenvalue weighted by Gasteiger charge is 2.67. The Balaban J connectivity index is 1.84. The fourth-order valence-electron chi connectivity index (χ4n) is 4.95. The van der Waals surface area contributed by atoms with E-state index >= 15 is 0 Å². The molecule has 2 N–H and O–H groups in total. The van der Waals surface area contributed by atoms with Gasteiger partial charge in [-0.05, 0) is 57.9 Å². The first-order valence-electron chi connectivity index (χ1n) is 10.4. The van der Waals surface area contributed by atoms with Crippen molar-refractivity contribution in [2.24, 2.45) is 17.8 Å². The molecule has 2 fully saturated rings. The quantitative estimate of drug-likeness (QED) is 0.294. The van der Waals surface area contributed by atoms with E-state index in [2.05, 4.69) is 19.1 Å². The summed E-state index contributed by atoms with van der Waals surface area (Å²) in [5.74, 6) is -0.132. The number of rotatable bonds is 6. The van der Waals surface area contributed by atoms with Crippen molar-refractivity contribution in [1.82, 2.24) is 0 Å². The average molecular weight is 397 g/mol. The third-order valence-corrected chi connectivity index (χ3v) is 6.65. The lowest BCUT2D eigenvalue weighted by Crippen LogP contribution is -2.54. The molecule has 1 heterocycles. The van der Waals surface area contributed by atoms with Gasteiger partial charge >= 0.3 is 5.97 Å². The van der Waals surface area contributed by atoms with Crippen molar-refractivity contribution >= 4 is 5.97 Å². The molecule has 0 aromatic heterocycles. The van der Waals surface area contributed by atoms with Crippen LogP contribution in [-0.4, -0.2) is 34.0 Å². The monoisotopic (exact) mass is 396 g/mol. The summed E-state index contributed by atoms with van der Waals surface area (Å²) in [6.45, 7) is 8.13. The van der Waals surface area contributed by atoms with E-state index in [1.54, 1.807) is 6.08 Å². The van der Waals surface area contributed by atoms with Crippen LogP contribution in [0.1, 0.15) is 40.5 Å². The molecule has 1 aliphatic heterocycles. The van der Waals surface area contributed by atoms with Gasteiger partial charge in [-0.3, -0.25) is 0 Å². The van der Waals surface area contributed by atoms with Crippen LogP contribution in [-0.2, 0) is 9.53 Å². The van der Waals surface area contributed by atoms with Crippen molar-refractivity contribution in [2.45, 2.75) is 58.3 Å². The van der Waals surface area contributed by atoms with Crippen LogP contribution in [0.15, 0.2) is 71.4 Å². The number of carboxylic acid groups (broad SMARTS) is 1. The maximum absolute atomic E-state index is 11.7. The van der Waals surface area contributed by atoms with Gasteiger partial charge in [0.15, 0.2) is 0 Å². The lowest BCUT2D eigenvalue weighted by molar-refractivity contribution is -0.131. The van der Waals surface area contributed by atoms with Crippen LogP contribution in [0.5, 0.6) is 0 Å². The van der Waals surface area contributed by atoms with E-state index in [0.29, 0.717) is 11.8 Å². The van der Waals surface area contributed by atoms with Gasteiger partial charge in [-0.2, -0.15) is 0 Å². The molecule has 0 spiro atoms. The van der Waals surface area contributed by atoms with Crippen LogP contribution in [0, 0.1) is 17.8 Å². The topological polar surface area (TPSA) is 70.1 Å². The molecular weight excluding hydrogens is 364 g/mol. The maximum Gasteiger partial charge on any atom is 0.328 e. The molecule has 3 aliphatic rings. The largest absolute Gasteiger partial charge is 0.478 e. The van der Waals surface area contributed by atoms with Crippen molar-refractivity contribution in [3.63, 3.8) is 0 Å². The number of hydrogen-bond acceptors (Lipinski definition) is 3. The molecule has 156 valence electrons. The smallest absolute Gasteiger partial charge is 0.328 e. The fraction of sp³-hybridized carbons (Fsp3) is 0.480. The summed E-state index contributed by atoms with van der Waals surface area (Å²) in [5.41, 5.74) is 2.45. The van der Waals surface area contributed by atoms with Crippen molar-refractivity contribution in [3.05, 3.63) is 71.4 Å². The highest BCUT2D eigenvalue weighted by atomic mass is 16.6. The number of fused-ring (bicyclic) bond motifs is 3. The van der Waals surface area contributed by atoms with E-state index in [0.717, 1.165) is 30.1 Å². The Kier molecular flexibility index (Phi) is 6.45. The summed E-state index contributed by atoms with van der Waals surface area (Å²) >= 11 is 0. The van der Waals surface area contributed by atoms with E-state index in [1.165, 1.54) is 11.6 Å². The van der Waals surface area contributed by atoms with Crippen LogP contribution >= 0.6 is 0 Å². The number of aliphatic hydroxyl groups is 1. The van der Waals surface area contributed by atoms with Crippen molar-refractivity contribution < 1.29 is 19.7 Å². The summed E-state index contributed by atoms with van der Waals surface area (Å²) in [7, 11) is 0.